The van der Waals surface area contributed by atoms with Crippen LogP contribution in [0.2, 0.25) is 0 Å². The van der Waals surface area contributed by atoms with E-state index in [2.05, 4.69) is 0 Å². The Morgan fingerprint density at radius 1 is 1.14 bits per heavy atom. The minimum Gasteiger partial charge on any atom is -0.477 e. The molecule has 5 nitrogen and oxygen atoms in total. The van der Waals surface area contributed by atoms with E-state index in [1.54, 1.807) is 0 Å². The number of carbonyl (C=O) groups excluding carboxylic acids is 2. The lowest BCUT2D eigenvalue weighted by Gasteiger charge is -2.12. The summed E-state index contributed by atoms with van der Waals surface area (Å²) in [4.78, 5) is 36.7. The van der Waals surface area contributed by atoms with Crippen molar-refractivity contribution in [1.29, 1.82) is 0 Å². The molecule has 1 aliphatic heterocycles. The van der Waals surface area contributed by atoms with Gasteiger partial charge in [0, 0.05) is 6.42 Å². The van der Waals surface area contributed by atoms with E-state index < -0.39 is 11.9 Å². The molecule has 6 heteroatoms. The second-order valence-electron chi connectivity index (χ2n) is 4.68. The molecule has 0 bridgehead atoms. The molecule has 1 aliphatic rings. The van der Waals surface area contributed by atoms with Gasteiger partial charge in [0.15, 0.2) is 0 Å². The molecule has 0 aliphatic carbocycles. The van der Waals surface area contributed by atoms with Crippen molar-refractivity contribution >= 4 is 34.1 Å². The number of hydrogen-bond donors (Lipinski definition) is 1. The molecule has 1 unspecified atom stereocenters. The van der Waals surface area contributed by atoms with Crippen LogP contribution in [-0.2, 0) is 9.59 Å². The van der Waals surface area contributed by atoms with Crippen LogP contribution >= 0.6 is 11.3 Å². The first-order chi connectivity index (χ1) is 10.1. The maximum absolute atomic E-state index is 12.5. The number of carboxylic acid groups (broad SMARTS) is 1. The molecular weight excluding hydrogens is 290 g/mol. The Labute approximate surface area is 124 Å². The summed E-state index contributed by atoms with van der Waals surface area (Å²) in [6.07, 6.45) is 0.114. The molecular formula is C15H11NO4S. The number of benzene rings is 1. The summed E-state index contributed by atoms with van der Waals surface area (Å²) >= 11 is 0.928. The van der Waals surface area contributed by atoms with E-state index >= 15 is 0 Å². The van der Waals surface area contributed by atoms with Crippen LogP contribution in [0.3, 0.4) is 0 Å². The number of rotatable bonds is 3. The van der Waals surface area contributed by atoms with Crippen LogP contribution in [0, 0.1) is 0 Å². The van der Waals surface area contributed by atoms with Crippen molar-refractivity contribution in [2.24, 2.45) is 0 Å². The molecule has 0 spiro atoms. The Morgan fingerprint density at radius 3 is 2.48 bits per heavy atom. The predicted molar refractivity (Wildman–Crippen MR) is 77.6 cm³/mol. The number of imide groups is 1. The zero-order valence-corrected chi connectivity index (χ0v) is 11.7. The topological polar surface area (TPSA) is 74.7 Å². The molecule has 1 fully saturated rings. The lowest BCUT2D eigenvalue weighted by molar-refractivity contribution is -0.121. The van der Waals surface area contributed by atoms with Crippen LogP contribution in [0.5, 0.6) is 0 Å². The van der Waals surface area contributed by atoms with Gasteiger partial charge in [-0.3, -0.25) is 9.59 Å². The average Bonchev–Trinajstić information content (AvgIpc) is 3.05. The van der Waals surface area contributed by atoms with Crippen molar-refractivity contribution in [3.05, 3.63) is 52.9 Å². The average molecular weight is 301 g/mol. The van der Waals surface area contributed by atoms with Gasteiger partial charge in [-0.25, -0.2) is 9.69 Å². The lowest BCUT2D eigenvalue weighted by Crippen LogP contribution is -2.29. The Kier molecular flexibility index (Phi) is 3.31. The van der Waals surface area contributed by atoms with Crippen LogP contribution in [0.1, 0.15) is 27.6 Å². The van der Waals surface area contributed by atoms with E-state index in [0.29, 0.717) is 5.00 Å². The van der Waals surface area contributed by atoms with Crippen molar-refractivity contribution in [2.45, 2.75) is 12.3 Å². The van der Waals surface area contributed by atoms with Crippen molar-refractivity contribution in [3.8, 4) is 0 Å². The fraction of sp³-hybridized carbons (Fsp3) is 0.133. The quantitative estimate of drug-likeness (QED) is 0.884. The number of nitrogens with zero attached hydrogens (tertiary/aromatic N) is 1. The highest BCUT2D eigenvalue weighted by molar-refractivity contribution is 7.18. The Morgan fingerprint density at radius 2 is 1.86 bits per heavy atom. The van der Waals surface area contributed by atoms with Crippen LogP contribution in [-0.4, -0.2) is 22.9 Å². The third kappa shape index (κ3) is 2.34. The van der Waals surface area contributed by atoms with Gasteiger partial charge in [0.2, 0.25) is 11.8 Å². The Hall–Kier alpha value is -2.47. The van der Waals surface area contributed by atoms with E-state index in [1.807, 2.05) is 30.3 Å². The van der Waals surface area contributed by atoms with Gasteiger partial charge in [-0.05, 0) is 17.7 Å². The summed E-state index contributed by atoms with van der Waals surface area (Å²) in [6.45, 7) is 0. The smallest absolute Gasteiger partial charge is 0.345 e. The third-order valence-corrected chi connectivity index (χ3v) is 4.43. The molecule has 2 amide bonds. The van der Waals surface area contributed by atoms with Crippen molar-refractivity contribution in [1.82, 2.24) is 0 Å². The standard InChI is InChI=1S/C15H11NO4S/c17-12-8-10(9-4-2-1-3-5-9)14(18)16(12)13-7-6-11(21-13)15(19)20/h1-7,10H,8H2,(H,19,20). The number of hydrogen-bond acceptors (Lipinski definition) is 4. The number of thiophene rings is 1. The molecule has 0 saturated carbocycles. The van der Waals surface area contributed by atoms with Gasteiger partial charge >= 0.3 is 5.97 Å². The summed E-state index contributed by atoms with van der Waals surface area (Å²) in [5.41, 5.74) is 0.799. The summed E-state index contributed by atoms with van der Waals surface area (Å²) in [5.74, 6) is -2.16. The number of aromatic carboxylic acids is 1. The van der Waals surface area contributed by atoms with Gasteiger partial charge in [-0.1, -0.05) is 30.3 Å². The number of carbonyl (C=O) groups is 3. The van der Waals surface area contributed by atoms with E-state index in [4.69, 9.17) is 5.11 Å². The maximum Gasteiger partial charge on any atom is 0.345 e. The molecule has 106 valence electrons. The van der Waals surface area contributed by atoms with Gasteiger partial charge in [0.25, 0.3) is 0 Å². The highest BCUT2D eigenvalue weighted by Gasteiger charge is 2.41. The normalized spacial score (nSPS) is 18.3. The van der Waals surface area contributed by atoms with E-state index in [9.17, 15) is 14.4 Å². The Bertz CT molecular complexity index is 722. The van der Waals surface area contributed by atoms with E-state index in [1.165, 1.54) is 12.1 Å². The SMILES string of the molecule is O=C(O)c1ccc(N2C(=O)CC(c3ccccc3)C2=O)s1. The molecule has 1 N–H and O–H groups in total. The number of carboxylic acids is 1. The van der Waals surface area contributed by atoms with Crippen LogP contribution in [0.25, 0.3) is 0 Å². The van der Waals surface area contributed by atoms with Gasteiger partial charge < -0.3 is 5.11 Å². The van der Waals surface area contributed by atoms with Crippen molar-refractivity contribution in [2.75, 3.05) is 4.90 Å². The second-order valence-corrected chi connectivity index (χ2v) is 5.74. The molecule has 1 saturated heterocycles. The predicted octanol–water partition coefficient (Wildman–Crippen LogP) is 2.49. The zero-order chi connectivity index (χ0) is 15.0. The summed E-state index contributed by atoms with van der Waals surface area (Å²) < 4.78 is 0. The highest BCUT2D eigenvalue weighted by atomic mass is 32.1. The fourth-order valence-corrected chi connectivity index (χ4v) is 3.24. The van der Waals surface area contributed by atoms with E-state index in [-0.39, 0.29) is 23.1 Å². The summed E-state index contributed by atoms with van der Waals surface area (Å²) in [7, 11) is 0. The summed E-state index contributed by atoms with van der Waals surface area (Å²) in [5, 5.41) is 9.29. The van der Waals surface area contributed by atoms with Crippen LogP contribution in [0.4, 0.5) is 5.00 Å². The van der Waals surface area contributed by atoms with Gasteiger partial charge in [0.1, 0.15) is 9.88 Å². The monoisotopic (exact) mass is 301 g/mol. The largest absolute Gasteiger partial charge is 0.477 e. The summed E-state index contributed by atoms with van der Waals surface area (Å²) in [6, 6.07) is 12.0. The minimum atomic E-state index is -1.06. The molecule has 0 radical (unpaired) electrons. The van der Waals surface area contributed by atoms with Crippen molar-refractivity contribution < 1.29 is 19.5 Å². The first kappa shape index (κ1) is 13.5. The van der Waals surface area contributed by atoms with E-state index in [0.717, 1.165) is 21.8 Å². The first-order valence-electron chi connectivity index (χ1n) is 6.33. The van der Waals surface area contributed by atoms with Crippen molar-refractivity contribution in [3.63, 3.8) is 0 Å². The van der Waals surface area contributed by atoms with Crippen LogP contribution in [0.15, 0.2) is 42.5 Å². The van der Waals surface area contributed by atoms with Gasteiger partial charge in [0.05, 0.1) is 5.92 Å². The first-order valence-corrected chi connectivity index (χ1v) is 7.14. The number of anilines is 1. The fourth-order valence-electron chi connectivity index (χ4n) is 2.37. The lowest BCUT2D eigenvalue weighted by atomic mass is 9.98. The molecule has 3 rings (SSSR count). The maximum atomic E-state index is 12.5. The van der Waals surface area contributed by atoms with Gasteiger partial charge in [-0.15, -0.1) is 11.3 Å². The third-order valence-electron chi connectivity index (χ3n) is 3.37. The molecule has 1 aromatic carbocycles. The highest BCUT2D eigenvalue weighted by Crippen LogP contribution is 2.36. The minimum absolute atomic E-state index is 0.105. The molecule has 1 atom stereocenters. The zero-order valence-electron chi connectivity index (χ0n) is 10.9. The molecule has 2 heterocycles. The molecule has 2 aromatic rings. The second kappa shape index (κ2) is 5.14. The van der Waals surface area contributed by atoms with Gasteiger partial charge in [-0.2, -0.15) is 0 Å². The van der Waals surface area contributed by atoms with Crippen LogP contribution < -0.4 is 4.90 Å². The molecule has 1 aromatic heterocycles. The number of amides is 2. The Balaban J connectivity index is 1.92. The molecule has 21 heavy (non-hydrogen) atoms.